The molecule has 88 valence electrons. The molecule has 0 amide bonds. The third-order valence-electron chi connectivity index (χ3n) is 4.04. The Morgan fingerprint density at radius 2 is 2.06 bits per heavy atom. The third kappa shape index (κ3) is 2.11. The van der Waals surface area contributed by atoms with E-state index in [1.807, 2.05) is 18.2 Å². The standard InChI is InChI=1S/C14H20ClN/c1-14(2)9-5-7-11(14)13(16)10-6-3-4-8-12(10)15/h3-4,6,8,11,13H,5,7,9,16H2,1-2H3. The summed E-state index contributed by atoms with van der Waals surface area (Å²) in [6.45, 7) is 4.64. The Morgan fingerprint density at radius 3 is 2.62 bits per heavy atom. The molecule has 2 rings (SSSR count). The van der Waals surface area contributed by atoms with Gasteiger partial charge in [0.2, 0.25) is 0 Å². The van der Waals surface area contributed by atoms with Crippen LogP contribution in [0, 0.1) is 11.3 Å². The normalized spacial score (nSPS) is 25.6. The van der Waals surface area contributed by atoms with Crippen LogP contribution in [0.2, 0.25) is 5.02 Å². The van der Waals surface area contributed by atoms with Crippen LogP contribution >= 0.6 is 11.6 Å². The lowest BCUT2D eigenvalue weighted by atomic mass is 9.76. The number of hydrogen-bond acceptors (Lipinski definition) is 1. The van der Waals surface area contributed by atoms with Crippen LogP contribution in [0.4, 0.5) is 0 Å². The van der Waals surface area contributed by atoms with Gasteiger partial charge < -0.3 is 5.73 Å². The van der Waals surface area contributed by atoms with E-state index in [1.165, 1.54) is 19.3 Å². The zero-order valence-electron chi connectivity index (χ0n) is 10.0. The maximum absolute atomic E-state index is 6.39. The lowest BCUT2D eigenvalue weighted by Crippen LogP contribution is -2.29. The first-order valence-corrected chi connectivity index (χ1v) is 6.40. The first-order valence-electron chi connectivity index (χ1n) is 6.02. The van der Waals surface area contributed by atoms with Gasteiger partial charge >= 0.3 is 0 Å². The molecule has 2 atom stereocenters. The molecule has 1 saturated carbocycles. The van der Waals surface area contributed by atoms with Crippen LogP contribution in [-0.4, -0.2) is 0 Å². The van der Waals surface area contributed by atoms with Crippen molar-refractivity contribution in [3.63, 3.8) is 0 Å². The molecule has 0 aromatic heterocycles. The van der Waals surface area contributed by atoms with E-state index < -0.39 is 0 Å². The number of halogens is 1. The van der Waals surface area contributed by atoms with Crippen LogP contribution in [0.25, 0.3) is 0 Å². The smallest absolute Gasteiger partial charge is 0.0453 e. The van der Waals surface area contributed by atoms with Gasteiger partial charge in [0, 0.05) is 11.1 Å². The van der Waals surface area contributed by atoms with Crippen LogP contribution in [0.1, 0.15) is 44.7 Å². The van der Waals surface area contributed by atoms with Gasteiger partial charge in [-0.05, 0) is 35.8 Å². The minimum Gasteiger partial charge on any atom is -0.324 e. The SMILES string of the molecule is CC1(C)CCCC1C(N)c1ccccc1Cl. The maximum Gasteiger partial charge on any atom is 0.0453 e. The predicted octanol–water partition coefficient (Wildman–Crippen LogP) is 4.17. The summed E-state index contributed by atoms with van der Waals surface area (Å²) in [5.74, 6) is 0.549. The van der Waals surface area contributed by atoms with Gasteiger partial charge in [-0.3, -0.25) is 0 Å². The Morgan fingerprint density at radius 1 is 1.38 bits per heavy atom. The van der Waals surface area contributed by atoms with Gasteiger partial charge in [-0.1, -0.05) is 50.1 Å². The van der Waals surface area contributed by atoms with Crippen LogP contribution in [0.15, 0.2) is 24.3 Å². The van der Waals surface area contributed by atoms with Crippen LogP contribution in [0.5, 0.6) is 0 Å². The molecule has 1 aliphatic rings. The van der Waals surface area contributed by atoms with Crippen molar-refractivity contribution in [1.29, 1.82) is 0 Å². The molecule has 0 spiro atoms. The summed E-state index contributed by atoms with van der Waals surface area (Å²) >= 11 is 6.21. The molecule has 1 fully saturated rings. The largest absolute Gasteiger partial charge is 0.324 e. The second-order valence-electron chi connectivity index (χ2n) is 5.53. The fraction of sp³-hybridized carbons (Fsp3) is 0.571. The van der Waals surface area contributed by atoms with Crippen LogP contribution < -0.4 is 5.73 Å². The molecule has 1 nitrogen and oxygen atoms in total. The van der Waals surface area contributed by atoms with Gasteiger partial charge in [-0.25, -0.2) is 0 Å². The molecule has 2 heteroatoms. The second-order valence-corrected chi connectivity index (χ2v) is 5.94. The van der Waals surface area contributed by atoms with E-state index in [4.69, 9.17) is 17.3 Å². The summed E-state index contributed by atoms with van der Waals surface area (Å²) in [7, 11) is 0. The quantitative estimate of drug-likeness (QED) is 0.821. The zero-order valence-corrected chi connectivity index (χ0v) is 10.8. The van der Waals surface area contributed by atoms with Crippen molar-refractivity contribution in [1.82, 2.24) is 0 Å². The van der Waals surface area contributed by atoms with Gasteiger partial charge in [0.05, 0.1) is 0 Å². The fourth-order valence-corrected chi connectivity index (χ4v) is 3.24. The Labute approximate surface area is 103 Å². The van der Waals surface area contributed by atoms with E-state index in [-0.39, 0.29) is 6.04 Å². The van der Waals surface area contributed by atoms with Crippen molar-refractivity contribution < 1.29 is 0 Å². The molecular formula is C14H20ClN. The molecule has 0 heterocycles. The number of rotatable bonds is 2. The summed E-state index contributed by atoms with van der Waals surface area (Å²) in [6.07, 6.45) is 3.78. The van der Waals surface area contributed by atoms with Gasteiger partial charge in [0.15, 0.2) is 0 Å². The highest BCUT2D eigenvalue weighted by Crippen LogP contribution is 2.48. The zero-order chi connectivity index (χ0) is 11.8. The predicted molar refractivity (Wildman–Crippen MR) is 69.5 cm³/mol. The molecule has 0 bridgehead atoms. The van der Waals surface area contributed by atoms with E-state index in [1.54, 1.807) is 0 Å². The molecule has 1 aromatic rings. The van der Waals surface area contributed by atoms with Crippen LogP contribution in [-0.2, 0) is 0 Å². The van der Waals surface area contributed by atoms with Crippen molar-refractivity contribution in [3.8, 4) is 0 Å². The Kier molecular flexibility index (Phi) is 3.27. The van der Waals surface area contributed by atoms with E-state index >= 15 is 0 Å². The first kappa shape index (κ1) is 11.9. The topological polar surface area (TPSA) is 26.0 Å². The highest BCUT2D eigenvalue weighted by atomic mass is 35.5. The van der Waals surface area contributed by atoms with Crippen molar-refractivity contribution in [2.45, 2.75) is 39.2 Å². The number of nitrogens with two attached hydrogens (primary N) is 1. The highest BCUT2D eigenvalue weighted by molar-refractivity contribution is 6.31. The third-order valence-corrected chi connectivity index (χ3v) is 4.38. The Bertz CT molecular complexity index is 373. The molecule has 1 aromatic carbocycles. The minimum atomic E-state index is 0.0752. The van der Waals surface area contributed by atoms with Gasteiger partial charge in [0.25, 0.3) is 0 Å². The average molecular weight is 238 g/mol. The molecule has 1 aliphatic carbocycles. The summed E-state index contributed by atoms with van der Waals surface area (Å²) in [5.41, 5.74) is 7.84. The molecule has 0 aliphatic heterocycles. The number of hydrogen-bond donors (Lipinski definition) is 1. The van der Waals surface area contributed by atoms with Crippen LogP contribution in [0.3, 0.4) is 0 Å². The Hall–Kier alpha value is -0.530. The van der Waals surface area contributed by atoms with E-state index in [9.17, 15) is 0 Å². The van der Waals surface area contributed by atoms with E-state index in [2.05, 4.69) is 19.9 Å². The van der Waals surface area contributed by atoms with Gasteiger partial charge in [-0.15, -0.1) is 0 Å². The van der Waals surface area contributed by atoms with Gasteiger partial charge in [0.1, 0.15) is 0 Å². The van der Waals surface area contributed by atoms with Gasteiger partial charge in [-0.2, -0.15) is 0 Å². The molecule has 0 radical (unpaired) electrons. The van der Waals surface area contributed by atoms with E-state index in [0.29, 0.717) is 11.3 Å². The molecule has 2 unspecified atom stereocenters. The van der Waals surface area contributed by atoms with Crippen molar-refractivity contribution >= 4 is 11.6 Å². The van der Waals surface area contributed by atoms with Crippen molar-refractivity contribution in [3.05, 3.63) is 34.9 Å². The Balaban J connectivity index is 2.26. The molecule has 0 saturated heterocycles. The molecule has 2 N–H and O–H groups in total. The summed E-state index contributed by atoms with van der Waals surface area (Å²) in [5, 5.41) is 0.803. The van der Waals surface area contributed by atoms with E-state index in [0.717, 1.165) is 10.6 Å². The fourth-order valence-electron chi connectivity index (χ4n) is 2.98. The summed E-state index contributed by atoms with van der Waals surface area (Å²) in [4.78, 5) is 0. The lowest BCUT2D eigenvalue weighted by Gasteiger charge is -2.32. The average Bonchev–Trinajstić information content (AvgIpc) is 2.58. The molecule has 16 heavy (non-hydrogen) atoms. The summed E-state index contributed by atoms with van der Waals surface area (Å²) in [6, 6.07) is 8.03. The monoisotopic (exact) mass is 237 g/mol. The van der Waals surface area contributed by atoms with Crippen molar-refractivity contribution in [2.75, 3.05) is 0 Å². The number of benzene rings is 1. The lowest BCUT2D eigenvalue weighted by molar-refractivity contribution is 0.222. The van der Waals surface area contributed by atoms with Crippen molar-refractivity contribution in [2.24, 2.45) is 17.1 Å². The highest BCUT2D eigenvalue weighted by Gasteiger charge is 2.38. The molecular weight excluding hydrogens is 218 g/mol. The first-order chi connectivity index (χ1) is 7.52. The second kappa shape index (κ2) is 4.38. The summed E-state index contributed by atoms with van der Waals surface area (Å²) < 4.78 is 0. The maximum atomic E-state index is 6.39. The minimum absolute atomic E-state index is 0.0752.